The van der Waals surface area contributed by atoms with Gasteiger partial charge in [0, 0.05) is 15.7 Å². The van der Waals surface area contributed by atoms with Gasteiger partial charge in [0.2, 0.25) is 0 Å². The van der Waals surface area contributed by atoms with Crippen molar-refractivity contribution in [2.45, 2.75) is 26.3 Å². The first kappa shape index (κ1) is 15.4. The Balaban J connectivity index is 2.28. The lowest BCUT2D eigenvalue weighted by Crippen LogP contribution is -2.31. The molecule has 0 aliphatic carbocycles. The largest absolute Gasteiger partial charge is 0.271 e. The highest BCUT2D eigenvalue weighted by Crippen LogP contribution is 2.26. The first-order valence-corrected chi connectivity index (χ1v) is 7.51. The third-order valence-electron chi connectivity index (χ3n) is 3.23. The minimum absolute atomic E-state index is 0.0609. The second kappa shape index (κ2) is 6.68. The number of rotatable bonds is 4. The Labute approximate surface area is 132 Å². The first-order chi connectivity index (χ1) is 9.51. The van der Waals surface area contributed by atoms with E-state index in [4.69, 9.17) is 17.4 Å². The molecule has 0 aliphatic rings. The molecule has 0 saturated heterocycles. The van der Waals surface area contributed by atoms with E-state index in [1.807, 2.05) is 38.2 Å². The van der Waals surface area contributed by atoms with Gasteiger partial charge in [0.05, 0.1) is 11.7 Å². The molecular weight excluding hydrogens is 338 g/mol. The van der Waals surface area contributed by atoms with Crippen LogP contribution in [0.5, 0.6) is 0 Å². The van der Waals surface area contributed by atoms with Crippen molar-refractivity contribution < 1.29 is 0 Å². The summed E-state index contributed by atoms with van der Waals surface area (Å²) < 4.78 is 0.966. The van der Waals surface area contributed by atoms with Gasteiger partial charge in [-0.05, 0) is 49.1 Å². The Morgan fingerprint density at radius 2 is 2.10 bits per heavy atom. The molecule has 3 nitrogen and oxygen atoms in total. The maximum Gasteiger partial charge on any atom is 0.0675 e. The fourth-order valence-electron chi connectivity index (χ4n) is 2.23. The van der Waals surface area contributed by atoms with Crippen molar-refractivity contribution >= 4 is 27.5 Å². The van der Waals surface area contributed by atoms with E-state index in [0.29, 0.717) is 6.42 Å². The molecule has 2 rings (SSSR count). The average Bonchev–Trinajstić information content (AvgIpc) is 2.39. The van der Waals surface area contributed by atoms with Crippen LogP contribution in [0.15, 0.2) is 34.9 Å². The number of nitrogens with one attached hydrogen (secondary N) is 1. The van der Waals surface area contributed by atoms with Crippen LogP contribution in [0.25, 0.3) is 0 Å². The molecule has 0 fully saturated rings. The molecule has 0 saturated carbocycles. The van der Waals surface area contributed by atoms with Gasteiger partial charge in [-0.1, -0.05) is 39.7 Å². The Bertz CT molecular complexity index is 616. The van der Waals surface area contributed by atoms with Crippen LogP contribution < -0.4 is 11.3 Å². The summed E-state index contributed by atoms with van der Waals surface area (Å²) in [6.07, 6.45) is 2.55. The van der Waals surface area contributed by atoms with Crippen LogP contribution in [-0.4, -0.2) is 4.98 Å². The van der Waals surface area contributed by atoms with Gasteiger partial charge in [-0.3, -0.25) is 16.3 Å². The van der Waals surface area contributed by atoms with Crippen molar-refractivity contribution in [3.8, 4) is 0 Å². The van der Waals surface area contributed by atoms with Crippen LogP contribution >= 0.6 is 27.5 Å². The number of hydrogen-bond acceptors (Lipinski definition) is 3. The van der Waals surface area contributed by atoms with Crippen molar-refractivity contribution in [3.05, 3.63) is 62.3 Å². The maximum absolute atomic E-state index is 6.26. The zero-order chi connectivity index (χ0) is 14.7. The fourth-order valence-corrected chi connectivity index (χ4v) is 2.98. The zero-order valence-electron chi connectivity index (χ0n) is 11.5. The Morgan fingerprint density at radius 1 is 1.35 bits per heavy atom. The van der Waals surface area contributed by atoms with E-state index in [1.54, 1.807) is 0 Å². The molecule has 1 aromatic carbocycles. The predicted molar refractivity (Wildman–Crippen MR) is 86.6 cm³/mol. The molecule has 0 spiro atoms. The highest BCUT2D eigenvalue weighted by molar-refractivity contribution is 9.10. The highest BCUT2D eigenvalue weighted by Gasteiger charge is 2.16. The average molecular weight is 355 g/mol. The number of nitrogens with zero attached hydrogens (tertiary/aromatic N) is 1. The van der Waals surface area contributed by atoms with Gasteiger partial charge < -0.3 is 0 Å². The van der Waals surface area contributed by atoms with Crippen LogP contribution in [-0.2, 0) is 6.42 Å². The summed E-state index contributed by atoms with van der Waals surface area (Å²) in [4.78, 5) is 4.50. The van der Waals surface area contributed by atoms with E-state index >= 15 is 0 Å². The molecule has 1 heterocycles. The number of halogens is 2. The topological polar surface area (TPSA) is 50.9 Å². The minimum Gasteiger partial charge on any atom is -0.271 e. The number of aromatic nitrogens is 1. The maximum atomic E-state index is 6.26. The van der Waals surface area contributed by atoms with Gasteiger partial charge in [0.1, 0.15) is 0 Å². The fraction of sp³-hybridized carbons (Fsp3) is 0.267. The molecular formula is C15H17BrClN3. The summed E-state index contributed by atoms with van der Waals surface area (Å²) >= 11 is 9.67. The standard InChI is InChI=1S/C15H17BrClN3/c1-9-5-10(2)15(19-8-9)14(20-18)6-11-3-4-12(16)7-13(11)17/h3-5,7-8,14,20H,6,18H2,1-2H3. The van der Waals surface area contributed by atoms with E-state index in [-0.39, 0.29) is 6.04 Å². The normalized spacial score (nSPS) is 12.4. The Hall–Kier alpha value is -0.940. The SMILES string of the molecule is Cc1cnc(C(Cc2ccc(Br)cc2Cl)NN)c(C)c1. The molecule has 0 radical (unpaired) electrons. The third kappa shape index (κ3) is 3.58. The minimum atomic E-state index is -0.0609. The second-order valence-electron chi connectivity index (χ2n) is 4.87. The Kier molecular flexibility index (Phi) is 5.16. The van der Waals surface area contributed by atoms with Crippen molar-refractivity contribution in [2.24, 2.45) is 5.84 Å². The van der Waals surface area contributed by atoms with Crippen LogP contribution in [0, 0.1) is 13.8 Å². The third-order valence-corrected chi connectivity index (χ3v) is 4.07. The molecule has 2 aromatic rings. The number of nitrogens with two attached hydrogens (primary N) is 1. The van der Waals surface area contributed by atoms with Crippen molar-refractivity contribution in [3.63, 3.8) is 0 Å². The van der Waals surface area contributed by atoms with E-state index in [9.17, 15) is 0 Å². The smallest absolute Gasteiger partial charge is 0.0675 e. The molecule has 20 heavy (non-hydrogen) atoms. The lowest BCUT2D eigenvalue weighted by Gasteiger charge is -2.18. The Morgan fingerprint density at radius 3 is 2.70 bits per heavy atom. The summed E-state index contributed by atoms with van der Waals surface area (Å²) in [6, 6.07) is 7.91. The molecule has 5 heteroatoms. The van der Waals surface area contributed by atoms with Crippen LogP contribution in [0.1, 0.15) is 28.4 Å². The summed E-state index contributed by atoms with van der Waals surface area (Å²) in [5, 5.41) is 0.726. The summed E-state index contributed by atoms with van der Waals surface area (Å²) in [5.41, 5.74) is 7.10. The first-order valence-electron chi connectivity index (χ1n) is 6.34. The van der Waals surface area contributed by atoms with E-state index < -0.39 is 0 Å². The van der Waals surface area contributed by atoms with Crippen molar-refractivity contribution in [1.82, 2.24) is 10.4 Å². The van der Waals surface area contributed by atoms with Crippen LogP contribution in [0.2, 0.25) is 5.02 Å². The summed E-state index contributed by atoms with van der Waals surface area (Å²) in [5.74, 6) is 5.70. The molecule has 1 aromatic heterocycles. The molecule has 0 bridgehead atoms. The highest BCUT2D eigenvalue weighted by atomic mass is 79.9. The lowest BCUT2D eigenvalue weighted by molar-refractivity contribution is 0.535. The van der Waals surface area contributed by atoms with E-state index in [0.717, 1.165) is 31.9 Å². The van der Waals surface area contributed by atoms with Gasteiger partial charge in [0.15, 0.2) is 0 Å². The van der Waals surface area contributed by atoms with Crippen LogP contribution in [0.3, 0.4) is 0 Å². The van der Waals surface area contributed by atoms with Crippen LogP contribution in [0.4, 0.5) is 0 Å². The van der Waals surface area contributed by atoms with Gasteiger partial charge in [-0.2, -0.15) is 0 Å². The molecule has 1 atom stereocenters. The van der Waals surface area contributed by atoms with Crippen molar-refractivity contribution in [1.29, 1.82) is 0 Å². The molecule has 3 N–H and O–H groups in total. The van der Waals surface area contributed by atoms with Gasteiger partial charge >= 0.3 is 0 Å². The number of hydrogen-bond donors (Lipinski definition) is 2. The number of aryl methyl sites for hydroxylation is 2. The number of hydrazine groups is 1. The van der Waals surface area contributed by atoms with E-state index in [1.165, 1.54) is 0 Å². The molecule has 106 valence electrons. The van der Waals surface area contributed by atoms with E-state index in [2.05, 4.69) is 32.4 Å². The number of benzene rings is 1. The van der Waals surface area contributed by atoms with Crippen molar-refractivity contribution in [2.75, 3.05) is 0 Å². The summed E-state index contributed by atoms with van der Waals surface area (Å²) in [6.45, 7) is 4.07. The molecule has 1 unspecified atom stereocenters. The van der Waals surface area contributed by atoms with Gasteiger partial charge in [-0.15, -0.1) is 0 Å². The second-order valence-corrected chi connectivity index (χ2v) is 6.20. The quantitative estimate of drug-likeness (QED) is 0.647. The summed E-state index contributed by atoms with van der Waals surface area (Å²) in [7, 11) is 0. The number of pyridine rings is 1. The lowest BCUT2D eigenvalue weighted by atomic mass is 10.00. The monoisotopic (exact) mass is 353 g/mol. The molecule has 0 amide bonds. The predicted octanol–water partition coefficient (Wildman–Crippen LogP) is 3.86. The zero-order valence-corrected chi connectivity index (χ0v) is 13.8. The van der Waals surface area contributed by atoms with Gasteiger partial charge in [-0.25, -0.2) is 0 Å². The van der Waals surface area contributed by atoms with Gasteiger partial charge in [0.25, 0.3) is 0 Å². The molecule has 0 aliphatic heterocycles.